The molecule has 1 nitrogen and oxygen atoms in total. The molecule has 0 unspecified atom stereocenters. The normalized spacial score (nSPS) is 18.5. The molecule has 0 N–H and O–H groups in total. The highest BCUT2D eigenvalue weighted by Crippen LogP contribution is 2.23. The van der Waals surface area contributed by atoms with Crippen LogP contribution in [0.3, 0.4) is 0 Å². The second kappa shape index (κ2) is 5.27. The molecule has 64 valence electrons. The standard InChI is InChI=1S/C7H13NS3/c1-10-11-7(9)8-5-3-2-4-6-8/h2-6H2,1H3. The minimum Gasteiger partial charge on any atom is -0.357 e. The van der Waals surface area contributed by atoms with Crippen molar-refractivity contribution in [3.05, 3.63) is 0 Å². The molecule has 0 aliphatic carbocycles. The molecule has 1 aliphatic rings. The Labute approximate surface area is 81.7 Å². The maximum Gasteiger partial charge on any atom is 0.147 e. The molecule has 1 heterocycles. The second-order valence-corrected chi connectivity index (χ2v) is 5.60. The first kappa shape index (κ1) is 9.68. The van der Waals surface area contributed by atoms with Gasteiger partial charge < -0.3 is 4.90 Å². The fourth-order valence-electron chi connectivity index (χ4n) is 1.20. The van der Waals surface area contributed by atoms with E-state index in [1.165, 1.54) is 32.4 Å². The highest BCUT2D eigenvalue weighted by molar-refractivity contribution is 8.83. The zero-order chi connectivity index (χ0) is 8.10. The summed E-state index contributed by atoms with van der Waals surface area (Å²) in [6.07, 6.45) is 6.08. The fourth-order valence-corrected chi connectivity index (χ4v) is 3.17. The Morgan fingerprint density at radius 1 is 1.27 bits per heavy atom. The molecule has 0 saturated carbocycles. The van der Waals surface area contributed by atoms with Gasteiger partial charge in [0.15, 0.2) is 0 Å². The van der Waals surface area contributed by atoms with Gasteiger partial charge in [0.1, 0.15) is 4.32 Å². The third-order valence-corrected chi connectivity index (χ3v) is 4.13. The number of nitrogens with zero attached hydrogens (tertiary/aromatic N) is 1. The van der Waals surface area contributed by atoms with Gasteiger partial charge in [-0.3, -0.25) is 0 Å². The second-order valence-electron chi connectivity index (χ2n) is 2.56. The van der Waals surface area contributed by atoms with E-state index < -0.39 is 0 Å². The number of thiocarbonyl (C=S) groups is 1. The smallest absolute Gasteiger partial charge is 0.147 e. The number of hydrogen-bond donors (Lipinski definition) is 0. The van der Waals surface area contributed by atoms with E-state index >= 15 is 0 Å². The Hall–Kier alpha value is 0.590. The maximum absolute atomic E-state index is 5.24. The lowest BCUT2D eigenvalue weighted by molar-refractivity contribution is 0.352. The van der Waals surface area contributed by atoms with E-state index in [1.54, 1.807) is 21.6 Å². The summed E-state index contributed by atoms with van der Waals surface area (Å²) >= 11 is 5.24. The molecule has 1 fully saturated rings. The molecule has 11 heavy (non-hydrogen) atoms. The minimum atomic E-state index is 1.07. The van der Waals surface area contributed by atoms with E-state index in [0.29, 0.717) is 0 Å². The summed E-state index contributed by atoms with van der Waals surface area (Å²) in [5, 5.41) is 0. The molecule has 0 radical (unpaired) electrons. The van der Waals surface area contributed by atoms with Crippen molar-refractivity contribution in [2.45, 2.75) is 19.3 Å². The fraction of sp³-hybridized carbons (Fsp3) is 0.857. The van der Waals surface area contributed by atoms with Crippen molar-refractivity contribution in [2.24, 2.45) is 0 Å². The Bertz CT molecular complexity index is 132. The van der Waals surface area contributed by atoms with Gasteiger partial charge in [-0.1, -0.05) is 23.0 Å². The van der Waals surface area contributed by atoms with Crippen LogP contribution in [0.4, 0.5) is 0 Å². The Balaban J connectivity index is 2.27. The predicted molar refractivity (Wildman–Crippen MR) is 59.1 cm³/mol. The van der Waals surface area contributed by atoms with Gasteiger partial charge in [-0.25, -0.2) is 0 Å². The quantitative estimate of drug-likeness (QED) is 0.480. The Kier molecular flexibility index (Phi) is 4.64. The largest absolute Gasteiger partial charge is 0.357 e. The molecule has 1 aliphatic heterocycles. The van der Waals surface area contributed by atoms with Crippen LogP contribution in [0.1, 0.15) is 19.3 Å². The van der Waals surface area contributed by atoms with Crippen molar-refractivity contribution in [1.29, 1.82) is 0 Å². The van der Waals surface area contributed by atoms with E-state index in [0.717, 1.165) is 4.32 Å². The summed E-state index contributed by atoms with van der Waals surface area (Å²) in [6.45, 7) is 2.35. The molecule has 0 aromatic heterocycles. The lowest BCUT2D eigenvalue weighted by Crippen LogP contribution is -2.32. The van der Waals surface area contributed by atoms with E-state index in [9.17, 15) is 0 Å². The third-order valence-electron chi connectivity index (χ3n) is 1.77. The SMILES string of the molecule is CSSC(=S)N1CCCCC1. The average molecular weight is 207 g/mol. The summed E-state index contributed by atoms with van der Waals surface area (Å²) in [7, 11) is 3.45. The first-order valence-corrected chi connectivity index (χ1v) is 6.81. The van der Waals surface area contributed by atoms with Crippen molar-refractivity contribution in [1.82, 2.24) is 4.90 Å². The molecule has 0 amide bonds. The molecular formula is C7H13NS3. The van der Waals surface area contributed by atoms with Gasteiger partial charge in [-0.15, -0.1) is 0 Å². The molecule has 4 heteroatoms. The summed E-state index contributed by atoms with van der Waals surface area (Å²) in [4.78, 5) is 2.32. The van der Waals surface area contributed by atoms with Crippen LogP contribution in [0.25, 0.3) is 0 Å². The van der Waals surface area contributed by atoms with E-state index in [1.807, 2.05) is 0 Å². The molecule has 0 atom stereocenters. The van der Waals surface area contributed by atoms with Crippen molar-refractivity contribution >= 4 is 38.1 Å². The van der Waals surface area contributed by atoms with Crippen molar-refractivity contribution in [3.8, 4) is 0 Å². The van der Waals surface area contributed by atoms with E-state index in [4.69, 9.17) is 12.2 Å². The molecule has 0 bridgehead atoms. The highest BCUT2D eigenvalue weighted by atomic mass is 33.1. The minimum absolute atomic E-state index is 1.07. The van der Waals surface area contributed by atoms with Crippen LogP contribution >= 0.6 is 33.8 Å². The Morgan fingerprint density at radius 2 is 1.91 bits per heavy atom. The van der Waals surface area contributed by atoms with Crippen LogP contribution in [0.15, 0.2) is 0 Å². The average Bonchev–Trinajstić information content (AvgIpc) is 2.07. The summed E-state index contributed by atoms with van der Waals surface area (Å²) < 4.78 is 1.07. The topological polar surface area (TPSA) is 3.24 Å². The van der Waals surface area contributed by atoms with Crippen LogP contribution in [-0.4, -0.2) is 28.6 Å². The first-order chi connectivity index (χ1) is 5.34. The molecule has 1 rings (SSSR count). The Morgan fingerprint density at radius 3 is 2.45 bits per heavy atom. The van der Waals surface area contributed by atoms with Gasteiger partial charge in [0.2, 0.25) is 0 Å². The third kappa shape index (κ3) is 3.22. The van der Waals surface area contributed by atoms with Crippen molar-refractivity contribution < 1.29 is 0 Å². The van der Waals surface area contributed by atoms with Crippen LogP contribution < -0.4 is 0 Å². The van der Waals surface area contributed by atoms with Gasteiger partial charge in [0.05, 0.1) is 0 Å². The number of likely N-dealkylation sites (tertiary alicyclic amines) is 1. The highest BCUT2D eigenvalue weighted by Gasteiger charge is 2.12. The van der Waals surface area contributed by atoms with Crippen LogP contribution in [0, 0.1) is 0 Å². The van der Waals surface area contributed by atoms with Gasteiger partial charge in [0, 0.05) is 13.1 Å². The van der Waals surface area contributed by atoms with E-state index in [2.05, 4.69) is 11.2 Å². The molecular weight excluding hydrogens is 194 g/mol. The lowest BCUT2D eigenvalue weighted by Gasteiger charge is -2.27. The lowest BCUT2D eigenvalue weighted by atomic mass is 10.1. The first-order valence-electron chi connectivity index (χ1n) is 3.84. The predicted octanol–water partition coefficient (Wildman–Crippen LogP) is 2.77. The van der Waals surface area contributed by atoms with Crippen LogP contribution in [-0.2, 0) is 0 Å². The van der Waals surface area contributed by atoms with Crippen molar-refractivity contribution in [3.63, 3.8) is 0 Å². The molecule has 0 aromatic carbocycles. The molecule has 0 spiro atoms. The summed E-state index contributed by atoms with van der Waals surface area (Å²) in [5.41, 5.74) is 0. The number of piperidine rings is 1. The van der Waals surface area contributed by atoms with Crippen LogP contribution in [0.2, 0.25) is 0 Å². The number of hydrogen-bond acceptors (Lipinski definition) is 3. The zero-order valence-electron chi connectivity index (χ0n) is 6.71. The zero-order valence-corrected chi connectivity index (χ0v) is 9.16. The maximum atomic E-state index is 5.24. The van der Waals surface area contributed by atoms with Crippen LogP contribution in [0.5, 0.6) is 0 Å². The summed E-state index contributed by atoms with van der Waals surface area (Å²) in [5.74, 6) is 0. The van der Waals surface area contributed by atoms with Gasteiger partial charge in [-0.2, -0.15) is 0 Å². The van der Waals surface area contributed by atoms with E-state index in [-0.39, 0.29) is 0 Å². The number of rotatable bonds is 1. The monoisotopic (exact) mass is 207 g/mol. The summed E-state index contributed by atoms with van der Waals surface area (Å²) in [6, 6.07) is 0. The van der Waals surface area contributed by atoms with Gasteiger partial charge >= 0.3 is 0 Å². The molecule has 0 aromatic rings. The van der Waals surface area contributed by atoms with Crippen molar-refractivity contribution in [2.75, 3.05) is 19.3 Å². The van der Waals surface area contributed by atoms with Gasteiger partial charge in [-0.05, 0) is 36.3 Å². The van der Waals surface area contributed by atoms with Gasteiger partial charge in [0.25, 0.3) is 0 Å². The molecule has 1 saturated heterocycles.